The Morgan fingerprint density at radius 1 is 1.62 bits per heavy atom. The van der Waals surface area contributed by atoms with Gasteiger partial charge in [-0.1, -0.05) is 6.92 Å². The van der Waals surface area contributed by atoms with Crippen molar-refractivity contribution < 1.29 is 0 Å². The normalized spacial score (nSPS) is 21.5. The molecule has 0 fully saturated rings. The quantitative estimate of drug-likeness (QED) is 0.623. The third kappa shape index (κ3) is 1.71. The van der Waals surface area contributed by atoms with Gasteiger partial charge in [0.25, 0.3) is 0 Å². The molecule has 1 atom stereocenters. The van der Waals surface area contributed by atoms with Gasteiger partial charge in [-0.3, -0.25) is 0 Å². The van der Waals surface area contributed by atoms with Crippen molar-refractivity contribution in [2.45, 2.75) is 19.8 Å². The highest BCUT2D eigenvalue weighted by atomic mass is 15.0. The molecule has 0 saturated carbocycles. The van der Waals surface area contributed by atoms with Crippen molar-refractivity contribution in [1.82, 2.24) is 9.97 Å². The fourth-order valence-electron chi connectivity index (χ4n) is 1.52. The fourth-order valence-corrected chi connectivity index (χ4v) is 1.52. The van der Waals surface area contributed by atoms with E-state index in [0.29, 0.717) is 11.7 Å². The van der Waals surface area contributed by atoms with E-state index in [0.717, 1.165) is 30.9 Å². The summed E-state index contributed by atoms with van der Waals surface area (Å²) < 4.78 is 0. The monoisotopic (exact) mass is 178 g/mol. The highest BCUT2D eigenvalue weighted by Gasteiger charge is 2.13. The summed E-state index contributed by atoms with van der Waals surface area (Å²) in [5.74, 6) is 2.09. The Hall–Kier alpha value is -1.32. The fraction of sp³-hybridized carbons (Fsp3) is 0.556. The molecule has 1 aliphatic heterocycles. The molecule has 1 aromatic rings. The molecule has 2 heterocycles. The number of nitrogens with zero attached hydrogens (tertiary/aromatic N) is 2. The van der Waals surface area contributed by atoms with E-state index in [-0.39, 0.29) is 0 Å². The number of nitrogens with one attached hydrogen (secondary N) is 1. The molecule has 0 spiro atoms. The van der Waals surface area contributed by atoms with Crippen LogP contribution in [0.2, 0.25) is 0 Å². The van der Waals surface area contributed by atoms with Gasteiger partial charge in [-0.25, -0.2) is 9.97 Å². The second-order valence-corrected chi connectivity index (χ2v) is 3.61. The molecule has 3 N–H and O–H groups in total. The third-order valence-electron chi connectivity index (χ3n) is 2.36. The molecule has 0 aliphatic carbocycles. The summed E-state index contributed by atoms with van der Waals surface area (Å²) in [5.41, 5.74) is 6.57. The predicted octanol–water partition coefficient (Wildman–Crippen LogP) is 1.05. The Morgan fingerprint density at radius 2 is 2.46 bits per heavy atom. The largest absolute Gasteiger partial charge is 0.382 e. The first-order valence-corrected chi connectivity index (χ1v) is 4.61. The SMILES string of the molecule is CC1CCc2nc(N)cnc2NC1. The summed E-state index contributed by atoms with van der Waals surface area (Å²) in [4.78, 5) is 8.48. The van der Waals surface area contributed by atoms with E-state index in [1.165, 1.54) is 0 Å². The number of aromatic nitrogens is 2. The van der Waals surface area contributed by atoms with Crippen LogP contribution >= 0.6 is 0 Å². The maximum atomic E-state index is 5.57. The summed E-state index contributed by atoms with van der Waals surface area (Å²) in [7, 11) is 0. The number of nitrogens with two attached hydrogens (primary N) is 1. The van der Waals surface area contributed by atoms with E-state index < -0.39 is 0 Å². The summed E-state index contributed by atoms with van der Waals surface area (Å²) in [5, 5.41) is 3.27. The van der Waals surface area contributed by atoms with Crippen LogP contribution in [-0.2, 0) is 6.42 Å². The molecule has 13 heavy (non-hydrogen) atoms. The van der Waals surface area contributed by atoms with Crippen molar-refractivity contribution in [3.8, 4) is 0 Å². The molecular formula is C9H14N4. The Morgan fingerprint density at radius 3 is 3.31 bits per heavy atom. The van der Waals surface area contributed by atoms with Gasteiger partial charge in [-0.2, -0.15) is 0 Å². The molecule has 1 aliphatic rings. The molecule has 1 unspecified atom stereocenters. The van der Waals surface area contributed by atoms with Gasteiger partial charge in [0.15, 0.2) is 0 Å². The van der Waals surface area contributed by atoms with Crippen LogP contribution < -0.4 is 11.1 Å². The molecule has 2 rings (SSSR count). The van der Waals surface area contributed by atoms with Gasteiger partial charge in [0.05, 0.1) is 11.9 Å². The topological polar surface area (TPSA) is 63.8 Å². The van der Waals surface area contributed by atoms with E-state index in [1.807, 2.05) is 0 Å². The molecule has 0 aromatic carbocycles. The number of rotatable bonds is 0. The van der Waals surface area contributed by atoms with Crippen LogP contribution in [0.15, 0.2) is 6.20 Å². The van der Waals surface area contributed by atoms with Gasteiger partial charge in [0, 0.05) is 6.54 Å². The molecule has 70 valence electrons. The average Bonchev–Trinajstić information content (AvgIpc) is 2.29. The zero-order valence-corrected chi connectivity index (χ0v) is 7.75. The van der Waals surface area contributed by atoms with Gasteiger partial charge in [-0.15, -0.1) is 0 Å². The van der Waals surface area contributed by atoms with Gasteiger partial charge >= 0.3 is 0 Å². The van der Waals surface area contributed by atoms with E-state index in [4.69, 9.17) is 5.73 Å². The van der Waals surface area contributed by atoms with Crippen LogP contribution in [0.5, 0.6) is 0 Å². The Bertz CT molecular complexity index is 310. The molecule has 1 aromatic heterocycles. The molecule has 0 amide bonds. The zero-order chi connectivity index (χ0) is 9.26. The number of anilines is 2. The van der Waals surface area contributed by atoms with Gasteiger partial charge < -0.3 is 11.1 Å². The minimum atomic E-state index is 0.509. The lowest BCUT2D eigenvalue weighted by Crippen LogP contribution is -2.09. The summed E-state index contributed by atoms with van der Waals surface area (Å²) in [6.07, 6.45) is 3.72. The van der Waals surface area contributed by atoms with Crippen molar-refractivity contribution in [2.24, 2.45) is 5.92 Å². The number of nitrogen functional groups attached to an aromatic ring is 1. The zero-order valence-electron chi connectivity index (χ0n) is 7.75. The number of hydrogen-bond acceptors (Lipinski definition) is 4. The lowest BCUT2D eigenvalue weighted by molar-refractivity contribution is 0.568. The number of hydrogen-bond donors (Lipinski definition) is 2. The highest BCUT2D eigenvalue weighted by Crippen LogP contribution is 2.20. The maximum Gasteiger partial charge on any atom is 0.147 e. The smallest absolute Gasteiger partial charge is 0.147 e. The predicted molar refractivity (Wildman–Crippen MR) is 52.4 cm³/mol. The lowest BCUT2D eigenvalue weighted by Gasteiger charge is -2.06. The van der Waals surface area contributed by atoms with Crippen LogP contribution in [0, 0.1) is 5.92 Å². The number of aryl methyl sites for hydroxylation is 1. The average molecular weight is 178 g/mol. The Kier molecular flexibility index (Phi) is 2.04. The first-order valence-electron chi connectivity index (χ1n) is 4.61. The van der Waals surface area contributed by atoms with Crippen LogP contribution in [0.1, 0.15) is 19.0 Å². The lowest BCUT2D eigenvalue weighted by atomic mass is 10.1. The molecule has 0 saturated heterocycles. The van der Waals surface area contributed by atoms with E-state index in [2.05, 4.69) is 22.2 Å². The van der Waals surface area contributed by atoms with E-state index >= 15 is 0 Å². The standard InChI is InChI=1S/C9H14N4/c1-6-2-3-7-9(11-4-6)12-5-8(10)13-7/h5-6H,2-4H2,1H3,(H2,10,13)(H,11,12). The van der Waals surface area contributed by atoms with Crippen molar-refractivity contribution in [3.63, 3.8) is 0 Å². The first-order chi connectivity index (χ1) is 6.25. The molecule has 0 radical (unpaired) electrons. The minimum absolute atomic E-state index is 0.509. The second-order valence-electron chi connectivity index (χ2n) is 3.61. The third-order valence-corrected chi connectivity index (χ3v) is 2.36. The number of fused-ring (bicyclic) bond motifs is 1. The Balaban J connectivity index is 2.30. The first kappa shape index (κ1) is 8.29. The van der Waals surface area contributed by atoms with Gasteiger partial charge in [0.1, 0.15) is 11.6 Å². The van der Waals surface area contributed by atoms with Crippen molar-refractivity contribution >= 4 is 11.6 Å². The summed E-state index contributed by atoms with van der Waals surface area (Å²) >= 11 is 0. The molecular weight excluding hydrogens is 164 g/mol. The van der Waals surface area contributed by atoms with Crippen molar-refractivity contribution in [1.29, 1.82) is 0 Å². The van der Waals surface area contributed by atoms with Crippen LogP contribution in [-0.4, -0.2) is 16.5 Å². The molecule has 0 bridgehead atoms. The van der Waals surface area contributed by atoms with E-state index in [9.17, 15) is 0 Å². The van der Waals surface area contributed by atoms with Crippen LogP contribution in [0.25, 0.3) is 0 Å². The van der Waals surface area contributed by atoms with E-state index in [1.54, 1.807) is 6.20 Å². The summed E-state index contributed by atoms with van der Waals surface area (Å²) in [6.45, 7) is 3.20. The molecule has 4 heteroatoms. The van der Waals surface area contributed by atoms with Crippen molar-refractivity contribution in [3.05, 3.63) is 11.9 Å². The Labute approximate surface area is 77.6 Å². The highest BCUT2D eigenvalue weighted by molar-refractivity contribution is 5.44. The van der Waals surface area contributed by atoms with Crippen LogP contribution in [0.4, 0.5) is 11.6 Å². The van der Waals surface area contributed by atoms with Gasteiger partial charge in [-0.05, 0) is 18.8 Å². The summed E-state index contributed by atoms with van der Waals surface area (Å²) in [6, 6.07) is 0. The second kappa shape index (κ2) is 3.20. The van der Waals surface area contributed by atoms with Crippen LogP contribution in [0.3, 0.4) is 0 Å². The maximum absolute atomic E-state index is 5.57. The minimum Gasteiger partial charge on any atom is -0.382 e. The van der Waals surface area contributed by atoms with Crippen molar-refractivity contribution in [2.75, 3.05) is 17.6 Å². The van der Waals surface area contributed by atoms with Gasteiger partial charge in [0.2, 0.25) is 0 Å². The molecule has 4 nitrogen and oxygen atoms in total.